The van der Waals surface area contributed by atoms with Crippen molar-refractivity contribution in [3.8, 4) is 0 Å². The Labute approximate surface area is 298 Å². The van der Waals surface area contributed by atoms with E-state index >= 15 is 0 Å². The van der Waals surface area contributed by atoms with E-state index < -0.39 is 0 Å². The van der Waals surface area contributed by atoms with Gasteiger partial charge < -0.3 is 19.8 Å². The summed E-state index contributed by atoms with van der Waals surface area (Å²) in [4.78, 5) is 14.7. The van der Waals surface area contributed by atoms with E-state index in [1.165, 1.54) is 89.9 Å². The normalized spacial score (nSPS) is 12.9. The maximum absolute atomic E-state index is 12.5. The maximum Gasteiger partial charge on any atom is 0.306 e. The highest BCUT2D eigenvalue weighted by atomic mass is 16.5. The number of nitrogens with zero attached hydrogens (tertiary/aromatic N) is 1. The lowest BCUT2D eigenvalue weighted by molar-refractivity contribution is -0.150. The van der Waals surface area contributed by atoms with Gasteiger partial charge in [0, 0.05) is 19.6 Å². The molecule has 0 bridgehead atoms. The average Bonchev–Trinajstić information content (AvgIpc) is 3.07. The predicted molar refractivity (Wildman–Crippen MR) is 208 cm³/mol. The minimum atomic E-state index is -0.00923. The molecule has 0 saturated heterocycles. The van der Waals surface area contributed by atoms with Gasteiger partial charge in [-0.2, -0.15) is 0 Å². The van der Waals surface area contributed by atoms with Crippen molar-refractivity contribution in [2.45, 2.75) is 186 Å². The second-order valence-electron chi connectivity index (χ2n) is 13.9. The molecule has 0 aliphatic rings. The molecule has 5 nitrogen and oxygen atoms in total. The number of aliphatic hydroxyl groups is 2. The first-order chi connectivity index (χ1) is 23.6. The summed E-state index contributed by atoms with van der Waals surface area (Å²) in [6.07, 6.45) is 50.1. The fraction of sp³-hybridized carbons (Fsp3) is 0.791. The highest BCUT2D eigenvalue weighted by Gasteiger charge is 2.14. The Morgan fingerprint density at radius 1 is 0.500 bits per heavy atom. The van der Waals surface area contributed by atoms with Gasteiger partial charge in [0.2, 0.25) is 0 Å². The zero-order valence-corrected chi connectivity index (χ0v) is 31.8. The molecule has 5 heteroatoms. The topological polar surface area (TPSA) is 70.0 Å². The minimum absolute atomic E-state index is 0.00923. The molecule has 0 aromatic rings. The number of carbonyl (C=O) groups excluding carboxylic acids is 1. The fourth-order valence-corrected chi connectivity index (χ4v) is 5.84. The lowest BCUT2D eigenvalue weighted by Crippen LogP contribution is -2.20. The Morgan fingerprint density at radius 2 is 0.854 bits per heavy atom. The van der Waals surface area contributed by atoms with Gasteiger partial charge in [-0.25, -0.2) is 0 Å². The predicted octanol–water partition coefficient (Wildman–Crippen LogP) is 11.6. The van der Waals surface area contributed by atoms with Gasteiger partial charge in [0.1, 0.15) is 6.10 Å². The monoisotopic (exact) mass is 674 g/mol. The molecule has 0 aliphatic carbocycles. The van der Waals surface area contributed by atoms with Crippen molar-refractivity contribution in [3.05, 3.63) is 48.6 Å². The fourth-order valence-electron chi connectivity index (χ4n) is 5.84. The smallest absolute Gasteiger partial charge is 0.306 e. The van der Waals surface area contributed by atoms with Crippen molar-refractivity contribution in [1.29, 1.82) is 0 Å². The van der Waals surface area contributed by atoms with E-state index in [1.54, 1.807) is 0 Å². The quantitative estimate of drug-likeness (QED) is 0.0390. The molecular formula is C43H79NO4. The first-order valence-corrected chi connectivity index (χ1v) is 20.3. The molecule has 0 aromatic carbocycles. The van der Waals surface area contributed by atoms with Gasteiger partial charge in [-0.1, -0.05) is 113 Å². The van der Waals surface area contributed by atoms with Crippen LogP contribution in [-0.4, -0.2) is 61.0 Å². The zero-order chi connectivity index (χ0) is 35.0. The van der Waals surface area contributed by atoms with Crippen LogP contribution in [0.25, 0.3) is 0 Å². The van der Waals surface area contributed by atoms with Gasteiger partial charge in [-0.15, -0.1) is 0 Å². The van der Waals surface area contributed by atoms with Crippen molar-refractivity contribution >= 4 is 5.97 Å². The summed E-state index contributed by atoms with van der Waals surface area (Å²) in [6, 6.07) is 0. The van der Waals surface area contributed by atoms with Crippen LogP contribution in [0, 0.1) is 0 Å². The van der Waals surface area contributed by atoms with Gasteiger partial charge in [-0.05, 0) is 130 Å². The Morgan fingerprint density at radius 3 is 1.23 bits per heavy atom. The largest absolute Gasteiger partial charge is 0.462 e. The molecule has 48 heavy (non-hydrogen) atoms. The third kappa shape index (κ3) is 38.8. The molecule has 0 amide bonds. The summed E-state index contributed by atoms with van der Waals surface area (Å²) in [5, 5.41) is 17.6. The second-order valence-corrected chi connectivity index (χ2v) is 13.9. The number of hydrogen-bond donors (Lipinski definition) is 2. The van der Waals surface area contributed by atoms with Crippen molar-refractivity contribution in [2.24, 2.45) is 0 Å². The van der Waals surface area contributed by atoms with Crippen molar-refractivity contribution in [3.63, 3.8) is 0 Å². The first kappa shape index (κ1) is 46.3. The summed E-state index contributed by atoms with van der Waals surface area (Å²) in [6.45, 7) is 1.56. The number of unbranched alkanes of at least 4 members (excludes halogenated alkanes) is 18. The highest BCUT2D eigenvalue weighted by Crippen LogP contribution is 2.18. The summed E-state index contributed by atoms with van der Waals surface area (Å²) >= 11 is 0. The number of esters is 1. The van der Waals surface area contributed by atoms with E-state index in [1.807, 2.05) is 0 Å². The minimum Gasteiger partial charge on any atom is -0.462 e. The van der Waals surface area contributed by atoms with Crippen LogP contribution in [0.3, 0.4) is 0 Å². The van der Waals surface area contributed by atoms with E-state index in [0.29, 0.717) is 19.6 Å². The molecule has 280 valence electrons. The molecule has 0 spiro atoms. The molecule has 0 rings (SSSR count). The lowest BCUT2D eigenvalue weighted by atomic mass is 10.0. The summed E-state index contributed by atoms with van der Waals surface area (Å²) < 4.78 is 5.99. The van der Waals surface area contributed by atoms with Crippen LogP contribution in [0.2, 0.25) is 0 Å². The van der Waals surface area contributed by atoms with Crippen molar-refractivity contribution in [2.75, 3.05) is 33.9 Å². The molecular weight excluding hydrogens is 594 g/mol. The summed E-state index contributed by atoms with van der Waals surface area (Å²) in [5.41, 5.74) is 0. The Hall–Kier alpha value is -1.69. The average molecular weight is 674 g/mol. The molecule has 2 N–H and O–H groups in total. The van der Waals surface area contributed by atoms with Crippen LogP contribution in [0.5, 0.6) is 0 Å². The summed E-state index contributed by atoms with van der Waals surface area (Å²) in [7, 11) is 4.10. The molecule has 0 radical (unpaired) electrons. The van der Waals surface area contributed by atoms with E-state index in [0.717, 1.165) is 90.0 Å². The molecule has 0 heterocycles. The molecule has 0 saturated carbocycles. The van der Waals surface area contributed by atoms with Gasteiger partial charge in [0.05, 0.1) is 0 Å². The zero-order valence-electron chi connectivity index (χ0n) is 31.8. The Balaban J connectivity index is 4.00. The second kappa shape index (κ2) is 39.7. The Kier molecular flexibility index (Phi) is 38.3. The number of hydrogen-bond acceptors (Lipinski definition) is 5. The molecule has 0 atom stereocenters. The van der Waals surface area contributed by atoms with E-state index in [2.05, 4.69) is 67.6 Å². The third-order valence-corrected chi connectivity index (χ3v) is 8.85. The van der Waals surface area contributed by atoms with Gasteiger partial charge in [0.15, 0.2) is 0 Å². The van der Waals surface area contributed by atoms with Crippen LogP contribution < -0.4 is 0 Å². The SMILES string of the molecule is CN(C)CCCC(=O)OC(CCCCCCCCC=CCC=CCCCCCO)CCCCCCCCC=CCC=CCCCCCO. The Bertz CT molecular complexity index is 723. The highest BCUT2D eigenvalue weighted by molar-refractivity contribution is 5.69. The molecule has 0 unspecified atom stereocenters. The van der Waals surface area contributed by atoms with E-state index in [4.69, 9.17) is 14.9 Å². The maximum atomic E-state index is 12.5. The van der Waals surface area contributed by atoms with E-state index in [9.17, 15) is 4.79 Å². The number of rotatable bonds is 37. The summed E-state index contributed by atoms with van der Waals surface area (Å²) in [5.74, 6) is -0.00923. The van der Waals surface area contributed by atoms with Crippen LogP contribution >= 0.6 is 0 Å². The van der Waals surface area contributed by atoms with Gasteiger partial charge in [0.25, 0.3) is 0 Å². The van der Waals surface area contributed by atoms with Gasteiger partial charge >= 0.3 is 5.97 Å². The molecule has 0 aliphatic heterocycles. The van der Waals surface area contributed by atoms with E-state index in [-0.39, 0.29) is 12.1 Å². The first-order valence-electron chi connectivity index (χ1n) is 20.3. The number of carbonyl (C=O) groups is 1. The molecule has 0 fully saturated rings. The van der Waals surface area contributed by atoms with Crippen molar-refractivity contribution < 1.29 is 19.7 Å². The van der Waals surface area contributed by atoms with Crippen LogP contribution in [0.15, 0.2) is 48.6 Å². The number of ether oxygens (including phenoxy) is 1. The van der Waals surface area contributed by atoms with Crippen LogP contribution in [0.1, 0.15) is 180 Å². The van der Waals surface area contributed by atoms with Crippen LogP contribution in [0.4, 0.5) is 0 Å². The number of allylic oxidation sites excluding steroid dienone is 8. The van der Waals surface area contributed by atoms with Crippen molar-refractivity contribution in [1.82, 2.24) is 4.90 Å². The van der Waals surface area contributed by atoms with Gasteiger partial charge in [-0.3, -0.25) is 4.79 Å². The number of aliphatic hydroxyl groups excluding tert-OH is 2. The lowest BCUT2D eigenvalue weighted by Gasteiger charge is -2.18. The standard InChI is InChI=1S/C43H79NO4/c1-44(2)39-35-38-43(47)48-42(36-31-27-23-19-15-11-7-3-5-9-13-17-21-25-29-33-40-45)37-32-28-24-20-16-12-8-4-6-10-14-18-22-26-30-34-41-46/h3-6,13-14,17-18,42,45-46H,7-12,15-16,19-41H2,1-2H3. The third-order valence-electron chi connectivity index (χ3n) is 8.85. The molecule has 0 aromatic heterocycles. The van der Waals surface area contributed by atoms with Crippen LogP contribution in [-0.2, 0) is 9.53 Å².